The van der Waals surface area contributed by atoms with Gasteiger partial charge in [-0.25, -0.2) is 0 Å². The lowest BCUT2D eigenvalue weighted by Crippen LogP contribution is -2.40. The van der Waals surface area contributed by atoms with Crippen LogP contribution in [0.5, 0.6) is 0 Å². The second-order valence-corrected chi connectivity index (χ2v) is 6.53. The summed E-state index contributed by atoms with van der Waals surface area (Å²) < 4.78 is 0. The number of nitrogen functional groups attached to an aromatic ring is 1. The van der Waals surface area contributed by atoms with E-state index in [9.17, 15) is 0 Å². The SMILES string of the molecule is CC(C)(C)N=Cc1c(N)cccc1N1CCC(N)CC1. The molecule has 1 aromatic carbocycles. The number of piperidine rings is 1. The number of anilines is 2. The molecule has 4 nitrogen and oxygen atoms in total. The van der Waals surface area contributed by atoms with E-state index in [1.165, 1.54) is 5.69 Å². The smallest absolute Gasteiger partial charge is 0.0524 e. The van der Waals surface area contributed by atoms with Crippen LogP contribution >= 0.6 is 0 Å². The van der Waals surface area contributed by atoms with Crippen LogP contribution in [-0.2, 0) is 0 Å². The summed E-state index contributed by atoms with van der Waals surface area (Å²) in [6, 6.07) is 6.40. The van der Waals surface area contributed by atoms with Crippen LogP contribution in [0.1, 0.15) is 39.2 Å². The predicted molar refractivity (Wildman–Crippen MR) is 87.6 cm³/mol. The van der Waals surface area contributed by atoms with E-state index in [1.807, 2.05) is 18.3 Å². The van der Waals surface area contributed by atoms with Crippen molar-refractivity contribution in [1.82, 2.24) is 0 Å². The Morgan fingerprint density at radius 3 is 2.50 bits per heavy atom. The third kappa shape index (κ3) is 3.73. The highest BCUT2D eigenvalue weighted by Crippen LogP contribution is 2.27. The molecular weight excluding hydrogens is 248 g/mol. The van der Waals surface area contributed by atoms with Gasteiger partial charge in [0.25, 0.3) is 0 Å². The molecule has 0 atom stereocenters. The lowest BCUT2D eigenvalue weighted by atomic mass is 10.0. The van der Waals surface area contributed by atoms with Gasteiger partial charge in [-0.05, 0) is 45.7 Å². The zero-order valence-corrected chi connectivity index (χ0v) is 12.8. The topological polar surface area (TPSA) is 67.6 Å². The number of hydrogen-bond acceptors (Lipinski definition) is 4. The lowest BCUT2D eigenvalue weighted by molar-refractivity contribution is 0.501. The molecule has 0 radical (unpaired) electrons. The first-order valence-electron chi connectivity index (χ1n) is 7.31. The fraction of sp³-hybridized carbons (Fsp3) is 0.562. The zero-order chi connectivity index (χ0) is 14.8. The fourth-order valence-corrected chi connectivity index (χ4v) is 2.39. The van der Waals surface area contributed by atoms with Gasteiger partial charge in [-0.3, -0.25) is 4.99 Å². The van der Waals surface area contributed by atoms with Crippen molar-refractivity contribution in [3.63, 3.8) is 0 Å². The van der Waals surface area contributed by atoms with E-state index in [4.69, 9.17) is 11.5 Å². The van der Waals surface area contributed by atoms with Crippen LogP contribution in [0, 0.1) is 0 Å². The number of nitrogens with two attached hydrogens (primary N) is 2. The summed E-state index contributed by atoms with van der Waals surface area (Å²) in [6.07, 6.45) is 3.98. The Kier molecular flexibility index (Phi) is 4.33. The van der Waals surface area contributed by atoms with Crippen molar-refractivity contribution < 1.29 is 0 Å². The van der Waals surface area contributed by atoms with Crippen LogP contribution in [0.4, 0.5) is 11.4 Å². The highest BCUT2D eigenvalue weighted by molar-refractivity contribution is 5.94. The maximum atomic E-state index is 6.14. The van der Waals surface area contributed by atoms with E-state index >= 15 is 0 Å². The van der Waals surface area contributed by atoms with Gasteiger partial charge in [-0.15, -0.1) is 0 Å². The average molecular weight is 274 g/mol. The van der Waals surface area contributed by atoms with Crippen LogP contribution < -0.4 is 16.4 Å². The summed E-state index contributed by atoms with van der Waals surface area (Å²) >= 11 is 0. The first kappa shape index (κ1) is 14.9. The van der Waals surface area contributed by atoms with Gasteiger partial charge >= 0.3 is 0 Å². The summed E-state index contributed by atoms with van der Waals surface area (Å²) in [5, 5.41) is 0. The minimum atomic E-state index is -0.0934. The molecule has 0 aromatic heterocycles. The number of aliphatic imine (C=N–C) groups is 1. The predicted octanol–water partition coefficient (Wildman–Crippen LogP) is 2.41. The van der Waals surface area contributed by atoms with Gasteiger partial charge in [0, 0.05) is 42.3 Å². The van der Waals surface area contributed by atoms with Crippen molar-refractivity contribution >= 4 is 17.6 Å². The van der Waals surface area contributed by atoms with Gasteiger partial charge in [0.15, 0.2) is 0 Å². The van der Waals surface area contributed by atoms with Gasteiger partial charge in [0.1, 0.15) is 0 Å². The molecule has 0 unspecified atom stereocenters. The van der Waals surface area contributed by atoms with E-state index < -0.39 is 0 Å². The molecule has 0 spiro atoms. The Balaban J connectivity index is 2.29. The van der Waals surface area contributed by atoms with Crippen molar-refractivity contribution in [2.75, 3.05) is 23.7 Å². The average Bonchev–Trinajstić information content (AvgIpc) is 2.37. The molecule has 2 rings (SSSR count). The molecule has 1 saturated heterocycles. The molecule has 1 fully saturated rings. The Morgan fingerprint density at radius 1 is 1.25 bits per heavy atom. The van der Waals surface area contributed by atoms with Gasteiger partial charge in [0.2, 0.25) is 0 Å². The van der Waals surface area contributed by atoms with Crippen LogP contribution in [-0.4, -0.2) is 30.9 Å². The molecule has 1 heterocycles. The van der Waals surface area contributed by atoms with Crippen LogP contribution in [0.3, 0.4) is 0 Å². The molecule has 1 aliphatic rings. The van der Waals surface area contributed by atoms with Crippen molar-refractivity contribution in [2.45, 2.75) is 45.2 Å². The Morgan fingerprint density at radius 2 is 1.90 bits per heavy atom. The molecular formula is C16H26N4. The van der Waals surface area contributed by atoms with Crippen molar-refractivity contribution in [1.29, 1.82) is 0 Å². The second kappa shape index (κ2) is 5.83. The highest BCUT2D eigenvalue weighted by Gasteiger charge is 2.19. The second-order valence-electron chi connectivity index (χ2n) is 6.53. The maximum Gasteiger partial charge on any atom is 0.0524 e. The molecule has 20 heavy (non-hydrogen) atoms. The van der Waals surface area contributed by atoms with Crippen molar-refractivity contribution in [3.8, 4) is 0 Å². The van der Waals surface area contributed by atoms with Gasteiger partial charge < -0.3 is 16.4 Å². The summed E-state index contributed by atoms with van der Waals surface area (Å²) in [6.45, 7) is 8.23. The Hall–Kier alpha value is -1.55. The molecule has 0 aliphatic carbocycles. The minimum absolute atomic E-state index is 0.0934. The normalized spacial score (nSPS) is 17.9. The van der Waals surface area contributed by atoms with Crippen molar-refractivity contribution in [3.05, 3.63) is 23.8 Å². The number of hydrogen-bond donors (Lipinski definition) is 2. The number of rotatable bonds is 2. The lowest BCUT2D eigenvalue weighted by Gasteiger charge is -2.33. The number of nitrogens with zero attached hydrogens (tertiary/aromatic N) is 2. The molecule has 1 aliphatic heterocycles. The van der Waals surface area contributed by atoms with Crippen LogP contribution in [0.25, 0.3) is 0 Å². The first-order valence-corrected chi connectivity index (χ1v) is 7.31. The van der Waals surface area contributed by atoms with Gasteiger partial charge in [0.05, 0.1) is 5.54 Å². The molecule has 0 saturated carbocycles. The molecule has 4 heteroatoms. The summed E-state index contributed by atoms with van der Waals surface area (Å²) in [7, 11) is 0. The zero-order valence-electron chi connectivity index (χ0n) is 12.8. The largest absolute Gasteiger partial charge is 0.398 e. The van der Waals surface area contributed by atoms with E-state index in [2.05, 4.69) is 36.7 Å². The summed E-state index contributed by atoms with van der Waals surface area (Å²) in [5.41, 5.74) is 15.0. The fourth-order valence-electron chi connectivity index (χ4n) is 2.39. The van der Waals surface area contributed by atoms with E-state index in [0.717, 1.165) is 37.2 Å². The number of benzene rings is 1. The molecule has 110 valence electrons. The van der Waals surface area contributed by atoms with Crippen LogP contribution in [0.2, 0.25) is 0 Å². The molecule has 0 amide bonds. The third-order valence-electron chi connectivity index (χ3n) is 3.58. The van der Waals surface area contributed by atoms with E-state index in [1.54, 1.807) is 0 Å². The van der Waals surface area contributed by atoms with Gasteiger partial charge in [-0.1, -0.05) is 6.07 Å². The van der Waals surface area contributed by atoms with Gasteiger partial charge in [-0.2, -0.15) is 0 Å². The third-order valence-corrected chi connectivity index (χ3v) is 3.58. The Bertz CT molecular complexity index is 480. The summed E-state index contributed by atoms with van der Waals surface area (Å²) in [4.78, 5) is 6.97. The summed E-state index contributed by atoms with van der Waals surface area (Å²) in [5.74, 6) is 0. The van der Waals surface area contributed by atoms with E-state index in [-0.39, 0.29) is 5.54 Å². The maximum absolute atomic E-state index is 6.14. The molecule has 4 N–H and O–H groups in total. The van der Waals surface area contributed by atoms with Crippen molar-refractivity contribution in [2.24, 2.45) is 10.7 Å². The highest BCUT2D eigenvalue weighted by atomic mass is 15.1. The quantitative estimate of drug-likeness (QED) is 0.643. The molecule has 0 bridgehead atoms. The standard InChI is InChI=1S/C16H26N4/c1-16(2,3)19-11-13-14(18)5-4-6-15(13)20-9-7-12(17)8-10-20/h4-6,11-12H,7-10,17-18H2,1-3H3. The van der Waals surface area contributed by atoms with E-state index in [0.29, 0.717) is 6.04 Å². The first-order chi connectivity index (χ1) is 9.37. The van der Waals surface area contributed by atoms with Crippen LogP contribution in [0.15, 0.2) is 23.2 Å². The monoisotopic (exact) mass is 274 g/mol. The minimum Gasteiger partial charge on any atom is -0.398 e. The Labute approximate surface area is 121 Å². The molecule has 1 aromatic rings.